The molecule has 20 heavy (non-hydrogen) atoms. The molecule has 2 aromatic rings. The number of aromatic nitrogens is 3. The first-order valence-corrected chi connectivity index (χ1v) is 7.53. The number of nitrogens with zero attached hydrogens (tertiary/aromatic N) is 3. The lowest BCUT2D eigenvalue weighted by molar-refractivity contribution is 0.408. The van der Waals surface area contributed by atoms with Crippen molar-refractivity contribution in [2.24, 2.45) is 5.73 Å². The highest BCUT2D eigenvalue weighted by Gasteiger charge is 2.20. The van der Waals surface area contributed by atoms with Crippen molar-refractivity contribution < 1.29 is 0 Å². The number of hydrogen-bond acceptors (Lipinski definition) is 4. The van der Waals surface area contributed by atoms with Crippen LogP contribution in [0.25, 0.3) is 5.65 Å². The zero-order chi connectivity index (χ0) is 14.1. The molecule has 1 aliphatic carbocycles. The zero-order valence-electron chi connectivity index (χ0n) is 12.3. The second kappa shape index (κ2) is 5.40. The Kier molecular flexibility index (Phi) is 3.61. The van der Waals surface area contributed by atoms with Crippen LogP contribution in [0.1, 0.15) is 43.9 Å². The van der Waals surface area contributed by atoms with Crippen molar-refractivity contribution in [3.63, 3.8) is 0 Å². The molecule has 2 unspecified atom stereocenters. The molecule has 0 amide bonds. The Bertz CT molecular complexity index is 604. The minimum absolute atomic E-state index is 0.323. The maximum Gasteiger partial charge on any atom is 0.160 e. The molecule has 0 aliphatic heterocycles. The van der Waals surface area contributed by atoms with Gasteiger partial charge >= 0.3 is 0 Å². The number of hydrogen-bond donors (Lipinski definition) is 2. The topological polar surface area (TPSA) is 68.2 Å². The monoisotopic (exact) mass is 273 g/mol. The Morgan fingerprint density at radius 2 is 2.30 bits per heavy atom. The molecule has 1 fully saturated rings. The molecule has 5 nitrogen and oxygen atoms in total. The zero-order valence-corrected chi connectivity index (χ0v) is 12.3. The molecule has 2 atom stereocenters. The van der Waals surface area contributed by atoms with Crippen molar-refractivity contribution >= 4 is 11.5 Å². The van der Waals surface area contributed by atoms with E-state index in [4.69, 9.17) is 5.73 Å². The van der Waals surface area contributed by atoms with Crippen LogP contribution in [0.3, 0.4) is 0 Å². The Morgan fingerprint density at radius 3 is 3.05 bits per heavy atom. The van der Waals surface area contributed by atoms with E-state index in [0.29, 0.717) is 12.1 Å². The van der Waals surface area contributed by atoms with E-state index in [1.165, 1.54) is 18.4 Å². The molecular weight excluding hydrogens is 250 g/mol. The molecule has 0 radical (unpaired) electrons. The van der Waals surface area contributed by atoms with E-state index in [1.807, 2.05) is 17.6 Å². The second-order valence-electron chi connectivity index (χ2n) is 5.81. The van der Waals surface area contributed by atoms with Gasteiger partial charge in [-0.3, -0.25) is 0 Å². The highest BCUT2D eigenvalue weighted by molar-refractivity contribution is 5.54. The molecule has 3 rings (SSSR count). The molecule has 0 bridgehead atoms. The predicted molar refractivity (Wildman–Crippen MR) is 81.0 cm³/mol. The minimum atomic E-state index is 0.323. The first-order chi connectivity index (χ1) is 9.67. The number of rotatable bonds is 3. The van der Waals surface area contributed by atoms with E-state index < -0.39 is 0 Å². The van der Waals surface area contributed by atoms with Gasteiger partial charge in [-0.2, -0.15) is 9.61 Å². The summed E-state index contributed by atoms with van der Waals surface area (Å²) in [6.07, 6.45) is 7.42. The lowest BCUT2D eigenvalue weighted by Crippen LogP contribution is -2.35. The molecule has 0 spiro atoms. The number of anilines is 1. The van der Waals surface area contributed by atoms with Gasteiger partial charge < -0.3 is 11.1 Å². The summed E-state index contributed by atoms with van der Waals surface area (Å²) in [4.78, 5) is 4.61. The second-order valence-corrected chi connectivity index (χ2v) is 5.81. The average molecular weight is 273 g/mol. The fourth-order valence-electron chi connectivity index (χ4n) is 3.05. The van der Waals surface area contributed by atoms with Gasteiger partial charge in [0.25, 0.3) is 0 Å². The molecule has 1 aliphatic rings. The first kappa shape index (κ1) is 13.4. The number of aryl methyl sites for hydroxylation is 2. The Hall–Kier alpha value is -1.62. The van der Waals surface area contributed by atoms with Crippen molar-refractivity contribution in [3.05, 3.63) is 23.5 Å². The summed E-state index contributed by atoms with van der Waals surface area (Å²) in [6.45, 7) is 4.17. The van der Waals surface area contributed by atoms with Crippen LogP contribution >= 0.6 is 0 Å². The summed E-state index contributed by atoms with van der Waals surface area (Å²) in [5.74, 6) is 1.03. The van der Waals surface area contributed by atoms with Gasteiger partial charge in [0, 0.05) is 29.4 Å². The third-order valence-corrected chi connectivity index (χ3v) is 4.12. The van der Waals surface area contributed by atoms with E-state index in [1.54, 1.807) is 0 Å². The van der Waals surface area contributed by atoms with Gasteiger partial charge in [0.15, 0.2) is 5.65 Å². The lowest BCUT2D eigenvalue weighted by Gasteiger charge is -2.28. The maximum absolute atomic E-state index is 6.07. The van der Waals surface area contributed by atoms with E-state index >= 15 is 0 Å². The molecule has 3 N–H and O–H groups in total. The van der Waals surface area contributed by atoms with Crippen LogP contribution in [0.15, 0.2) is 12.3 Å². The number of fused-ring (bicyclic) bond motifs is 1. The van der Waals surface area contributed by atoms with Crippen LogP contribution in [0, 0.1) is 6.92 Å². The summed E-state index contributed by atoms with van der Waals surface area (Å²) >= 11 is 0. The third-order valence-electron chi connectivity index (χ3n) is 4.12. The normalized spacial score (nSPS) is 23.1. The van der Waals surface area contributed by atoms with Gasteiger partial charge in [0.05, 0.1) is 6.20 Å². The van der Waals surface area contributed by atoms with Crippen molar-refractivity contribution in [1.29, 1.82) is 0 Å². The van der Waals surface area contributed by atoms with Crippen LogP contribution in [-0.4, -0.2) is 26.7 Å². The van der Waals surface area contributed by atoms with Crippen molar-refractivity contribution in [2.75, 3.05) is 5.32 Å². The molecular formula is C15H23N5. The highest BCUT2D eigenvalue weighted by Crippen LogP contribution is 2.23. The van der Waals surface area contributed by atoms with Crippen LogP contribution in [0.2, 0.25) is 0 Å². The Morgan fingerprint density at radius 1 is 1.45 bits per heavy atom. The SMILES string of the molecule is CCc1cnn2c(NC3CCCC(N)C3)cc(C)nc12. The highest BCUT2D eigenvalue weighted by atomic mass is 15.3. The molecule has 2 heterocycles. The van der Waals surface area contributed by atoms with E-state index in [9.17, 15) is 0 Å². The van der Waals surface area contributed by atoms with Gasteiger partial charge in [-0.25, -0.2) is 4.98 Å². The molecule has 5 heteroatoms. The molecule has 2 aromatic heterocycles. The van der Waals surface area contributed by atoms with E-state index in [2.05, 4.69) is 28.4 Å². The standard InChI is InChI=1S/C15H23N5/c1-3-11-9-17-20-14(7-10(2)18-15(11)20)19-13-6-4-5-12(16)8-13/h7,9,12-13,19H,3-6,8,16H2,1-2H3. The van der Waals surface area contributed by atoms with E-state index in [-0.39, 0.29) is 0 Å². The summed E-state index contributed by atoms with van der Waals surface area (Å²) in [5, 5.41) is 8.09. The molecule has 108 valence electrons. The molecule has 0 saturated heterocycles. The van der Waals surface area contributed by atoms with Crippen molar-refractivity contribution in [1.82, 2.24) is 14.6 Å². The van der Waals surface area contributed by atoms with Crippen LogP contribution in [0.5, 0.6) is 0 Å². The predicted octanol–water partition coefficient (Wildman–Crippen LogP) is 2.28. The quantitative estimate of drug-likeness (QED) is 0.900. The fourth-order valence-corrected chi connectivity index (χ4v) is 3.05. The molecule has 1 saturated carbocycles. The van der Waals surface area contributed by atoms with Crippen molar-refractivity contribution in [3.8, 4) is 0 Å². The van der Waals surface area contributed by atoms with Crippen LogP contribution < -0.4 is 11.1 Å². The fraction of sp³-hybridized carbons (Fsp3) is 0.600. The van der Waals surface area contributed by atoms with Gasteiger partial charge in [-0.05, 0) is 39.0 Å². The van der Waals surface area contributed by atoms with Gasteiger partial charge in [0.1, 0.15) is 5.82 Å². The minimum Gasteiger partial charge on any atom is -0.367 e. The summed E-state index contributed by atoms with van der Waals surface area (Å²) in [6, 6.07) is 2.83. The summed E-state index contributed by atoms with van der Waals surface area (Å²) in [7, 11) is 0. The third kappa shape index (κ3) is 2.50. The largest absolute Gasteiger partial charge is 0.367 e. The Balaban J connectivity index is 1.92. The average Bonchev–Trinajstić information content (AvgIpc) is 2.81. The molecule has 0 aromatic carbocycles. The van der Waals surface area contributed by atoms with Gasteiger partial charge in [-0.15, -0.1) is 0 Å². The van der Waals surface area contributed by atoms with Crippen LogP contribution in [0.4, 0.5) is 5.82 Å². The van der Waals surface area contributed by atoms with Crippen LogP contribution in [-0.2, 0) is 6.42 Å². The number of nitrogens with one attached hydrogen (secondary N) is 1. The summed E-state index contributed by atoms with van der Waals surface area (Å²) < 4.78 is 1.92. The Labute approximate surface area is 119 Å². The van der Waals surface area contributed by atoms with Gasteiger partial charge in [-0.1, -0.05) is 6.92 Å². The summed E-state index contributed by atoms with van der Waals surface area (Å²) in [5.41, 5.74) is 9.26. The smallest absolute Gasteiger partial charge is 0.160 e. The number of nitrogens with two attached hydrogens (primary N) is 1. The lowest BCUT2D eigenvalue weighted by atomic mass is 9.92. The first-order valence-electron chi connectivity index (χ1n) is 7.53. The van der Waals surface area contributed by atoms with E-state index in [0.717, 1.165) is 36.4 Å². The van der Waals surface area contributed by atoms with Gasteiger partial charge in [0.2, 0.25) is 0 Å². The van der Waals surface area contributed by atoms with Crippen molar-refractivity contribution in [2.45, 2.75) is 58.0 Å². The maximum atomic E-state index is 6.07.